The summed E-state index contributed by atoms with van der Waals surface area (Å²) < 4.78 is 30.0. The molecule has 0 saturated carbocycles. The summed E-state index contributed by atoms with van der Waals surface area (Å²) in [7, 11) is -1.55. The largest absolute Gasteiger partial charge is 0.384 e. The van der Waals surface area contributed by atoms with Gasteiger partial charge >= 0.3 is 0 Å². The van der Waals surface area contributed by atoms with E-state index in [9.17, 15) is 8.42 Å². The van der Waals surface area contributed by atoms with Gasteiger partial charge in [-0.2, -0.15) is 0 Å². The predicted molar refractivity (Wildman–Crippen MR) is 58.2 cm³/mol. The van der Waals surface area contributed by atoms with Crippen molar-refractivity contribution < 1.29 is 13.2 Å². The van der Waals surface area contributed by atoms with Gasteiger partial charge in [-0.1, -0.05) is 6.92 Å². The van der Waals surface area contributed by atoms with Gasteiger partial charge in [-0.3, -0.25) is 0 Å². The zero-order valence-electron chi connectivity index (χ0n) is 8.62. The number of sulfonamides is 1. The minimum absolute atomic E-state index is 0.0935. The molecule has 0 aromatic carbocycles. The molecule has 14 heavy (non-hydrogen) atoms. The van der Waals surface area contributed by atoms with E-state index in [2.05, 4.69) is 4.72 Å². The fourth-order valence-corrected chi connectivity index (χ4v) is 2.43. The van der Waals surface area contributed by atoms with Crippen LogP contribution < -0.4 is 4.72 Å². The lowest BCUT2D eigenvalue weighted by molar-refractivity contribution is 0.161. The van der Waals surface area contributed by atoms with Gasteiger partial charge in [-0.15, -0.1) is 11.6 Å². The quantitative estimate of drug-likeness (QED) is 0.642. The van der Waals surface area contributed by atoms with Gasteiger partial charge in [0.05, 0.1) is 5.75 Å². The summed E-state index contributed by atoms with van der Waals surface area (Å²) in [5.74, 6) is 0.649. The lowest BCUT2D eigenvalue weighted by atomic mass is 10.2. The first-order chi connectivity index (χ1) is 6.52. The molecule has 0 spiro atoms. The maximum absolute atomic E-state index is 11.3. The highest BCUT2D eigenvalue weighted by Gasteiger charge is 2.11. The normalized spacial score (nSPS) is 14.2. The zero-order valence-corrected chi connectivity index (χ0v) is 10.2. The summed E-state index contributed by atoms with van der Waals surface area (Å²) in [6, 6.07) is 0. The van der Waals surface area contributed by atoms with Crippen LogP contribution >= 0.6 is 11.6 Å². The first-order valence-corrected chi connectivity index (χ1v) is 6.72. The Balaban J connectivity index is 3.75. The molecule has 0 rings (SSSR count). The van der Waals surface area contributed by atoms with E-state index >= 15 is 0 Å². The molecule has 0 aliphatic rings. The standard InChI is InChI=1S/C8H18ClNO3S/c1-8(7-13-2)6-10-14(11,12)5-3-4-9/h8,10H,3-7H2,1-2H3. The van der Waals surface area contributed by atoms with Crippen LogP contribution in [0.4, 0.5) is 0 Å². The molecule has 6 heteroatoms. The Kier molecular flexibility index (Phi) is 7.54. The first kappa shape index (κ1) is 14.2. The Morgan fingerprint density at radius 1 is 1.50 bits per heavy atom. The van der Waals surface area contributed by atoms with Crippen LogP contribution in [0, 0.1) is 5.92 Å². The number of nitrogens with one attached hydrogen (secondary N) is 1. The Bertz CT molecular complexity index is 231. The second kappa shape index (κ2) is 7.45. The van der Waals surface area contributed by atoms with Crippen LogP contribution in [0.2, 0.25) is 0 Å². The summed E-state index contributed by atoms with van der Waals surface area (Å²) in [5, 5.41) is 0. The number of hydrogen-bond acceptors (Lipinski definition) is 3. The van der Waals surface area contributed by atoms with E-state index in [-0.39, 0.29) is 11.7 Å². The third-order valence-electron chi connectivity index (χ3n) is 1.65. The lowest BCUT2D eigenvalue weighted by Gasteiger charge is -2.11. The highest BCUT2D eigenvalue weighted by molar-refractivity contribution is 7.89. The van der Waals surface area contributed by atoms with Crippen LogP contribution in [0.1, 0.15) is 13.3 Å². The second-order valence-corrected chi connectivity index (χ2v) is 5.57. The maximum atomic E-state index is 11.3. The van der Waals surface area contributed by atoms with Gasteiger partial charge in [0.25, 0.3) is 0 Å². The Morgan fingerprint density at radius 2 is 2.14 bits per heavy atom. The summed E-state index contributed by atoms with van der Waals surface area (Å²) in [5.41, 5.74) is 0. The molecule has 0 bridgehead atoms. The number of ether oxygens (including phenoxy) is 1. The van der Waals surface area contributed by atoms with Crippen molar-refractivity contribution in [3.63, 3.8) is 0 Å². The molecule has 0 aromatic rings. The Hall–Kier alpha value is 0.160. The minimum Gasteiger partial charge on any atom is -0.384 e. The van der Waals surface area contributed by atoms with Crippen molar-refractivity contribution in [1.29, 1.82) is 0 Å². The number of rotatable bonds is 8. The molecule has 0 fully saturated rings. The van der Waals surface area contributed by atoms with Crippen LogP contribution in [-0.4, -0.2) is 40.3 Å². The third kappa shape index (κ3) is 7.55. The maximum Gasteiger partial charge on any atom is 0.211 e. The van der Waals surface area contributed by atoms with Gasteiger partial charge in [-0.25, -0.2) is 13.1 Å². The first-order valence-electron chi connectivity index (χ1n) is 4.54. The molecule has 0 amide bonds. The minimum atomic E-state index is -3.15. The highest BCUT2D eigenvalue weighted by Crippen LogP contribution is 1.96. The topological polar surface area (TPSA) is 55.4 Å². The number of halogens is 1. The predicted octanol–water partition coefficient (Wildman–Crippen LogP) is 0.817. The van der Waals surface area contributed by atoms with E-state index in [1.165, 1.54) is 0 Å². The van der Waals surface area contributed by atoms with Crippen molar-refractivity contribution in [2.75, 3.05) is 31.9 Å². The van der Waals surface area contributed by atoms with Crippen LogP contribution in [0.25, 0.3) is 0 Å². The monoisotopic (exact) mass is 243 g/mol. The van der Waals surface area contributed by atoms with Crippen LogP contribution in [0.15, 0.2) is 0 Å². The lowest BCUT2D eigenvalue weighted by Crippen LogP contribution is -2.31. The SMILES string of the molecule is COCC(C)CNS(=O)(=O)CCCCl. The molecule has 4 nitrogen and oxygen atoms in total. The summed E-state index contributed by atoms with van der Waals surface area (Å²) in [6.07, 6.45) is 0.482. The molecule has 1 atom stereocenters. The van der Waals surface area contributed by atoms with Crippen molar-refractivity contribution in [2.45, 2.75) is 13.3 Å². The summed E-state index contributed by atoms with van der Waals surface area (Å²) >= 11 is 5.41. The Morgan fingerprint density at radius 3 is 2.64 bits per heavy atom. The van der Waals surface area contributed by atoms with Gasteiger partial charge in [0.15, 0.2) is 0 Å². The molecule has 1 N–H and O–H groups in total. The molecule has 0 saturated heterocycles. The van der Waals surface area contributed by atoms with Crippen molar-refractivity contribution in [1.82, 2.24) is 4.72 Å². The highest BCUT2D eigenvalue weighted by atomic mass is 35.5. The average Bonchev–Trinajstić information content (AvgIpc) is 2.13. The van der Waals surface area contributed by atoms with Crippen molar-refractivity contribution in [3.05, 3.63) is 0 Å². The molecule has 1 unspecified atom stereocenters. The molecular formula is C8H18ClNO3S. The van der Waals surface area contributed by atoms with Gasteiger partial charge in [0.2, 0.25) is 10.0 Å². The number of alkyl halides is 1. The van der Waals surface area contributed by atoms with Crippen molar-refractivity contribution in [3.8, 4) is 0 Å². The van der Waals surface area contributed by atoms with E-state index in [0.717, 1.165) is 0 Å². The summed E-state index contributed by atoms with van der Waals surface area (Å²) in [6.45, 7) is 2.89. The molecule has 0 aliphatic heterocycles. The van der Waals surface area contributed by atoms with Gasteiger partial charge < -0.3 is 4.74 Å². The molecule has 0 radical (unpaired) electrons. The van der Waals surface area contributed by atoms with E-state index in [1.807, 2.05) is 6.92 Å². The smallest absolute Gasteiger partial charge is 0.211 e. The van der Waals surface area contributed by atoms with Crippen molar-refractivity contribution in [2.24, 2.45) is 5.92 Å². The van der Waals surface area contributed by atoms with Crippen LogP contribution in [0.5, 0.6) is 0 Å². The third-order valence-corrected chi connectivity index (χ3v) is 3.35. The fourth-order valence-electron chi connectivity index (χ4n) is 0.929. The van der Waals surface area contributed by atoms with Crippen LogP contribution in [0.3, 0.4) is 0 Å². The second-order valence-electron chi connectivity index (χ2n) is 3.27. The fraction of sp³-hybridized carbons (Fsp3) is 1.00. The van der Waals surface area contributed by atoms with E-state index in [1.54, 1.807) is 7.11 Å². The average molecular weight is 244 g/mol. The number of hydrogen-bond donors (Lipinski definition) is 1. The van der Waals surface area contributed by atoms with E-state index < -0.39 is 10.0 Å². The molecule has 0 aromatic heterocycles. The molecule has 86 valence electrons. The van der Waals surface area contributed by atoms with E-state index in [4.69, 9.17) is 16.3 Å². The van der Waals surface area contributed by atoms with Gasteiger partial charge in [-0.05, 0) is 12.3 Å². The van der Waals surface area contributed by atoms with Gasteiger partial charge in [0.1, 0.15) is 0 Å². The number of methoxy groups -OCH3 is 1. The van der Waals surface area contributed by atoms with Gasteiger partial charge in [0, 0.05) is 26.1 Å². The molecule has 0 aliphatic carbocycles. The Labute approximate surface area is 91.0 Å². The van der Waals surface area contributed by atoms with E-state index in [0.29, 0.717) is 25.5 Å². The van der Waals surface area contributed by atoms with Crippen molar-refractivity contribution >= 4 is 21.6 Å². The zero-order chi connectivity index (χ0) is 11.0. The molecular weight excluding hydrogens is 226 g/mol. The summed E-state index contributed by atoms with van der Waals surface area (Å²) in [4.78, 5) is 0. The molecule has 0 heterocycles. The van der Waals surface area contributed by atoms with Crippen LogP contribution in [-0.2, 0) is 14.8 Å².